The zero-order valence-electron chi connectivity index (χ0n) is 27.8. The molecule has 0 aromatic heterocycles. The van der Waals surface area contributed by atoms with Crippen molar-refractivity contribution in [3.05, 3.63) is 119 Å². The van der Waals surface area contributed by atoms with E-state index in [4.69, 9.17) is 14.7 Å². The number of amides is 2. The van der Waals surface area contributed by atoms with Crippen LogP contribution in [0.25, 0.3) is 10.8 Å². The molecule has 2 amide bonds. The summed E-state index contributed by atoms with van der Waals surface area (Å²) in [4.78, 5) is 25.8. The molecule has 48 heavy (non-hydrogen) atoms. The van der Waals surface area contributed by atoms with E-state index < -0.39 is 12.2 Å². The van der Waals surface area contributed by atoms with Gasteiger partial charge in [0.15, 0.2) is 6.29 Å². The molecule has 4 unspecified atom stereocenters. The molecule has 0 bridgehead atoms. The Balaban J connectivity index is 1.21. The average molecular weight is 654 g/mol. The van der Waals surface area contributed by atoms with Gasteiger partial charge in [-0.25, -0.2) is 5.48 Å². The number of hydrogen-bond acceptors (Lipinski definition) is 7. The molecule has 4 atom stereocenters. The van der Waals surface area contributed by atoms with Crippen molar-refractivity contribution in [1.29, 1.82) is 0 Å². The molecule has 1 fully saturated rings. The Hall–Kier alpha value is -4.12. The van der Waals surface area contributed by atoms with Crippen LogP contribution in [-0.2, 0) is 32.2 Å². The highest BCUT2D eigenvalue weighted by Gasteiger charge is 2.33. The number of hydroxylamine groups is 1. The van der Waals surface area contributed by atoms with Crippen LogP contribution in [0.2, 0.25) is 0 Å². The van der Waals surface area contributed by atoms with E-state index >= 15 is 0 Å². The molecule has 4 N–H and O–H groups in total. The van der Waals surface area contributed by atoms with Gasteiger partial charge in [0, 0.05) is 44.0 Å². The van der Waals surface area contributed by atoms with Gasteiger partial charge in [0.05, 0.1) is 18.8 Å². The summed E-state index contributed by atoms with van der Waals surface area (Å²) in [6.45, 7) is 3.36. The highest BCUT2D eigenvalue weighted by atomic mass is 16.7. The summed E-state index contributed by atoms with van der Waals surface area (Å²) in [6.07, 6.45) is 2.55. The van der Waals surface area contributed by atoms with Gasteiger partial charge in [-0.15, -0.1) is 0 Å². The highest BCUT2D eigenvalue weighted by molar-refractivity contribution is 5.83. The maximum Gasteiger partial charge on any atom is 0.243 e. The molecule has 0 spiro atoms. The lowest BCUT2D eigenvalue weighted by atomic mass is 9.98. The Morgan fingerprint density at radius 3 is 2.21 bits per heavy atom. The van der Waals surface area contributed by atoms with Crippen LogP contribution >= 0.6 is 0 Å². The third-order valence-corrected chi connectivity index (χ3v) is 9.20. The molecular formula is C39H47N3O6. The number of aliphatic hydroxyl groups is 1. The highest BCUT2D eigenvalue weighted by Crippen LogP contribution is 2.39. The summed E-state index contributed by atoms with van der Waals surface area (Å²) in [7, 11) is 2.14. The van der Waals surface area contributed by atoms with E-state index in [-0.39, 0.29) is 37.2 Å². The van der Waals surface area contributed by atoms with Crippen molar-refractivity contribution in [2.24, 2.45) is 0 Å². The molecule has 0 aliphatic carbocycles. The lowest BCUT2D eigenvalue weighted by molar-refractivity contribution is -0.253. The molecule has 1 aliphatic rings. The number of hydrogen-bond donors (Lipinski definition) is 4. The van der Waals surface area contributed by atoms with E-state index in [1.54, 1.807) is 5.48 Å². The average Bonchev–Trinajstić information content (AvgIpc) is 3.13. The molecule has 9 nitrogen and oxygen atoms in total. The van der Waals surface area contributed by atoms with Crippen LogP contribution in [-0.4, -0.2) is 46.7 Å². The second-order valence-corrected chi connectivity index (χ2v) is 12.7. The van der Waals surface area contributed by atoms with Gasteiger partial charge in [0.25, 0.3) is 0 Å². The minimum absolute atomic E-state index is 0.00404. The van der Waals surface area contributed by atoms with Crippen molar-refractivity contribution in [2.75, 3.05) is 13.6 Å². The van der Waals surface area contributed by atoms with Crippen molar-refractivity contribution >= 4 is 22.6 Å². The maximum atomic E-state index is 12.3. The second kappa shape index (κ2) is 17.3. The first-order chi connectivity index (χ1) is 23.3. The lowest BCUT2D eigenvalue weighted by Gasteiger charge is -2.39. The molecule has 0 radical (unpaired) electrons. The van der Waals surface area contributed by atoms with E-state index in [9.17, 15) is 14.7 Å². The van der Waals surface area contributed by atoms with Crippen molar-refractivity contribution < 1.29 is 29.4 Å². The number of benzene rings is 4. The van der Waals surface area contributed by atoms with Crippen LogP contribution in [0.15, 0.2) is 91.0 Å². The third-order valence-electron chi connectivity index (χ3n) is 9.20. The molecular weight excluding hydrogens is 606 g/mol. The smallest absolute Gasteiger partial charge is 0.243 e. The molecule has 9 heteroatoms. The predicted octanol–water partition coefficient (Wildman–Crippen LogP) is 6.64. The zero-order chi connectivity index (χ0) is 33.9. The van der Waals surface area contributed by atoms with Gasteiger partial charge in [-0.3, -0.25) is 19.7 Å². The topological polar surface area (TPSA) is 120 Å². The van der Waals surface area contributed by atoms with Crippen LogP contribution in [0.1, 0.15) is 91.7 Å². The molecule has 1 aliphatic heterocycles. The summed E-state index contributed by atoms with van der Waals surface area (Å²) in [6, 6.07) is 31.1. The number of ether oxygens (including phenoxy) is 2. The van der Waals surface area contributed by atoms with E-state index in [0.717, 1.165) is 35.2 Å². The Morgan fingerprint density at radius 2 is 1.50 bits per heavy atom. The van der Waals surface area contributed by atoms with Crippen molar-refractivity contribution in [3.8, 4) is 0 Å². The summed E-state index contributed by atoms with van der Waals surface area (Å²) in [5, 5.41) is 23.5. The van der Waals surface area contributed by atoms with Gasteiger partial charge in [-0.2, -0.15) is 0 Å². The largest absolute Gasteiger partial charge is 0.392 e. The van der Waals surface area contributed by atoms with Gasteiger partial charge in [-0.1, -0.05) is 91.3 Å². The molecule has 4 aromatic carbocycles. The molecule has 5 rings (SSSR count). The molecule has 254 valence electrons. The number of carbonyl (C=O) groups is 2. The van der Waals surface area contributed by atoms with Crippen LogP contribution in [0, 0.1) is 0 Å². The number of aliphatic hydroxyl groups excluding tert-OH is 1. The van der Waals surface area contributed by atoms with Gasteiger partial charge in [-0.05, 0) is 65.9 Å². The third kappa shape index (κ3) is 9.71. The summed E-state index contributed by atoms with van der Waals surface area (Å²) in [5.74, 6) is -0.446. The van der Waals surface area contributed by atoms with E-state index in [1.165, 1.54) is 16.3 Å². The summed E-state index contributed by atoms with van der Waals surface area (Å²) < 4.78 is 13.2. The quantitative estimate of drug-likeness (QED) is 0.0645. The van der Waals surface area contributed by atoms with Gasteiger partial charge >= 0.3 is 0 Å². The number of rotatable bonds is 15. The fourth-order valence-corrected chi connectivity index (χ4v) is 6.12. The number of nitrogens with zero attached hydrogens (tertiary/aromatic N) is 1. The van der Waals surface area contributed by atoms with Crippen molar-refractivity contribution in [3.63, 3.8) is 0 Å². The zero-order valence-corrected chi connectivity index (χ0v) is 27.8. The van der Waals surface area contributed by atoms with Gasteiger partial charge < -0.3 is 19.9 Å². The fourth-order valence-electron chi connectivity index (χ4n) is 6.12. The predicted molar refractivity (Wildman–Crippen MR) is 185 cm³/mol. The molecule has 4 aromatic rings. The number of fused-ring (bicyclic) bond motifs is 1. The minimum atomic E-state index is -0.563. The van der Waals surface area contributed by atoms with Crippen LogP contribution in [0.4, 0.5) is 0 Å². The SMILES string of the molecule is CC(c1ccc2ccccc2c1)N(C)CC1CC(c2ccc(CO)cc2)OC(c2ccc(CNC(=O)CCCCCC(=O)NO)cc2)O1. The van der Waals surface area contributed by atoms with Crippen LogP contribution < -0.4 is 10.8 Å². The Labute approximate surface area is 282 Å². The number of carbonyl (C=O) groups excluding carboxylic acids is 2. The van der Waals surface area contributed by atoms with Crippen molar-refractivity contribution in [2.45, 2.75) is 83.1 Å². The van der Waals surface area contributed by atoms with Gasteiger partial charge in [0.2, 0.25) is 11.8 Å². The first-order valence-electron chi connectivity index (χ1n) is 16.8. The van der Waals surface area contributed by atoms with E-state index in [0.29, 0.717) is 32.2 Å². The summed E-state index contributed by atoms with van der Waals surface area (Å²) in [5.41, 5.74) is 6.66. The second-order valence-electron chi connectivity index (χ2n) is 12.7. The minimum Gasteiger partial charge on any atom is -0.392 e. The fraction of sp³-hybridized carbons (Fsp3) is 0.385. The van der Waals surface area contributed by atoms with Crippen molar-refractivity contribution in [1.82, 2.24) is 15.7 Å². The van der Waals surface area contributed by atoms with Crippen LogP contribution in [0.3, 0.4) is 0 Å². The van der Waals surface area contributed by atoms with Crippen LogP contribution in [0.5, 0.6) is 0 Å². The monoisotopic (exact) mass is 653 g/mol. The number of unbranched alkanes of at least 4 members (excludes halogenated alkanes) is 2. The summed E-state index contributed by atoms with van der Waals surface area (Å²) >= 11 is 0. The molecule has 1 heterocycles. The standard InChI is InChI=1S/C39H47N3O6/c1-27(33-21-20-30-8-6-7-9-34(30)22-33)42(2)25-35-23-36(31-16-14-29(26-43)15-17-31)48-39(47-35)32-18-12-28(13-19-32)24-40-37(44)10-4-3-5-11-38(45)41-46/h6-9,12-22,27,35-36,39,43,46H,3-5,10-11,23-26H2,1-2H3,(H,40,44)(H,41,45). The van der Waals surface area contributed by atoms with Gasteiger partial charge in [0.1, 0.15) is 0 Å². The van der Waals surface area contributed by atoms with E-state index in [2.05, 4.69) is 66.7 Å². The first-order valence-corrected chi connectivity index (χ1v) is 16.8. The Morgan fingerprint density at radius 1 is 0.833 bits per heavy atom. The normalized spacial score (nSPS) is 18.5. The molecule has 0 saturated carbocycles. The maximum absolute atomic E-state index is 12.3. The lowest BCUT2D eigenvalue weighted by Crippen LogP contribution is -2.38. The number of likely N-dealkylation sites (N-methyl/N-ethyl adjacent to an activating group) is 1. The Bertz CT molecular complexity index is 1630. The van der Waals surface area contributed by atoms with E-state index in [1.807, 2.05) is 48.5 Å². The first kappa shape index (κ1) is 35.2. The number of nitrogens with one attached hydrogen (secondary N) is 2. The molecule has 1 saturated heterocycles. The Kier molecular flexibility index (Phi) is 12.7.